The Morgan fingerprint density at radius 2 is 1.57 bits per heavy atom. The second kappa shape index (κ2) is 8.60. The average molecular weight is 296 g/mol. The van der Waals surface area contributed by atoms with Gasteiger partial charge in [-0.25, -0.2) is 0 Å². The first-order valence-corrected chi connectivity index (χ1v) is 8.39. The van der Waals surface area contributed by atoms with Crippen LogP contribution in [-0.2, 0) is 9.53 Å². The second-order valence-electron chi connectivity index (χ2n) is 7.96. The van der Waals surface area contributed by atoms with E-state index in [0.717, 1.165) is 19.3 Å². The van der Waals surface area contributed by atoms with Crippen molar-refractivity contribution in [2.75, 3.05) is 0 Å². The molecule has 1 unspecified atom stereocenters. The maximum atomic E-state index is 11.8. The van der Waals surface area contributed by atoms with Gasteiger partial charge in [-0.3, -0.25) is 4.79 Å². The van der Waals surface area contributed by atoms with Crippen molar-refractivity contribution in [3.8, 4) is 0 Å². The lowest BCUT2D eigenvalue weighted by Gasteiger charge is -2.24. The Balaban J connectivity index is 4.18. The summed E-state index contributed by atoms with van der Waals surface area (Å²) in [6.07, 6.45) is 8.17. The molecule has 0 aromatic carbocycles. The molecule has 2 nitrogen and oxygen atoms in total. The van der Waals surface area contributed by atoms with Crippen LogP contribution in [0.5, 0.6) is 0 Å². The van der Waals surface area contributed by atoms with E-state index >= 15 is 0 Å². The summed E-state index contributed by atoms with van der Waals surface area (Å²) >= 11 is 0. The molecule has 0 radical (unpaired) electrons. The molecular formula is C19H36O2. The smallest absolute Gasteiger partial charge is 0.306 e. The Morgan fingerprint density at radius 3 is 2.05 bits per heavy atom. The molecule has 2 heteroatoms. The largest absolute Gasteiger partial charge is 0.462 e. The first kappa shape index (κ1) is 20.2. The Kier molecular flexibility index (Phi) is 8.28. The van der Waals surface area contributed by atoms with Crippen molar-refractivity contribution in [1.29, 1.82) is 0 Å². The molecule has 0 aliphatic carbocycles. The van der Waals surface area contributed by atoms with Gasteiger partial charge in [-0.2, -0.15) is 0 Å². The number of carbonyl (C=O) groups is 1. The minimum Gasteiger partial charge on any atom is -0.462 e. The minimum atomic E-state index is -0.0649. The van der Waals surface area contributed by atoms with Gasteiger partial charge in [0.2, 0.25) is 0 Å². The van der Waals surface area contributed by atoms with Crippen LogP contribution in [-0.4, -0.2) is 12.1 Å². The van der Waals surface area contributed by atoms with Gasteiger partial charge in [-0.1, -0.05) is 60.6 Å². The molecule has 0 fully saturated rings. The normalized spacial score (nSPS) is 14.7. The second-order valence-corrected chi connectivity index (χ2v) is 7.96. The van der Waals surface area contributed by atoms with Crippen molar-refractivity contribution in [3.05, 3.63) is 12.2 Å². The van der Waals surface area contributed by atoms with Crippen molar-refractivity contribution in [1.82, 2.24) is 0 Å². The highest BCUT2D eigenvalue weighted by molar-refractivity contribution is 5.69. The Labute approximate surface area is 132 Å². The molecule has 0 spiro atoms. The topological polar surface area (TPSA) is 26.3 Å². The summed E-state index contributed by atoms with van der Waals surface area (Å²) in [5, 5.41) is 0. The first-order chi connectivity index (χ1) is 9.49. The number of carbonyl (C=O) groups excluding carboxylic acids is 1. The number of esters is 1. The van der Waals surface area contributed by atoms with Gasteiger partial charge in [0.05, 0.1) is 0 Å². The summed E-state index contributed by atoms with van der Waals surface area (Å²) in [4.78, 5) is 11.8. The number of ether oxygens (including phenoxy) is 1. The fraction of sp³-hybridized carbons (Fsp3) is 0.842. The SMILES string of the molecule is CCC(C)(C)/C=C\C(C)(C)CCCC(=O)OC(C)C(C)C. The van der Waals surface area contributed by atoms with Gasteiger partial charge in [-0.05, 0) is 42.9 Å². The van der Waals surface area contributed by atoms with Crippen LogP contribution < -0.4 is 0 Å². The van der Waals surface area contributed by atoms with E-state index < -0.39 is 0 Å². The van der Waals surface area contributed by atoms with Gasteiger partial charge in [0.15, 0.2) is 0 Å². The van der Waals surface area contributed by atoms with Crippen molar-refractivity contribution < 1.29 is 9.53 Å². The predicted molar refractivity (Wildman–Crippen MR) is 91.2 cm³/mol. The van der Waals surface area contributed by atoms with E-state index in [1.54, 1.807) is 0 Å². The van der Waals surface area contributed by atoms with E-state index in [4.69, 9.17) is 4.74 Å². The molecule has 0 bridgehead atoms. The zero-order valence-corrected chi connectivity index (χ0v) is 15.5. The third-order valence-electron chi connectivity index (χ3n) is 4.36. The summed E-state index contributed by atoms with van der Waals surface area (Å²) < 4.78 is 5.40. The molecule has 0 saturated heterocycles. The standard InChI is InChI=1S/C19H36O2/c1-9-18(5,6)13-14-19(7,8)12-10-11-17(20)21-16(4)15(2)3/h13-16H,9-12H2,1-8H3/b14-13-. The molecule has 0 aromatic rings. The average Bonchev–Trinajstić information content (AvgIpc) is 2.36. The molecule has 0 amide bonds. The molecular weight excluding hydrogens is 260 g/mol. The quantitative estimate of drug-likeness (QED) is 0.399. The van der Waals surface area contributed by atoms with Crippen LogP contribution in [0.15, 0.2) is 12.2 Å². The molecule has 124 valence electrons. The molecule has 0 heterocycles. The molecule has 0 saturated carbocycles. The van der Waals surface area contributed by atoms with E-state index in [0.29, 0.717) is 12.3 Å². The van der Waals surface area contributed by atoms with Gasteiger partial charge in [0.1, 0.15) is 6.10 Å². The number of allylic oxidation sites excluding steroid dienone is 2. The summed E-state index contributed by atoms with van der Waals surface area (Å²) in [5.74, 6) is 0.314. The van der Waals surface area contributed by atoms with Crippen LogP contribution in [0.1, 0.15) is 81.1 Å². The summed E-state index contributed by atoms with van der Waals surface area (Å²) in [6.45, 7) is 17.3. The van der Waals surface area contributed by atoms with Crippen LogP contribution in [0.25, 0.3) is 0 Å². The molecule has 0 aromatic heterocycles. The van der Waals surface area contributed by atoms with Gasteiger partial charge >= 0.3 is 5.97 Å². The van der Waals surface area contributed by atoms with E-state index in [2.05, 4.69) is 60.6 Å². The zero-order chi connectivity index (χ0) is 16.7. The van der Waals surface area contributed by atoms with Gasteiger partial charge in [0.25, 0.3) is 0 Å². The third kappa shape index (κ3) is 9.71. The molecule has 0 N–H and O–H groups in total. The molecule has 1 atom stereocenters. The Hall–Kier alpha value is -0.790. The summed E-state index contributed by atoms with van der Waals surface area (Å²) in [7, 11) is 0. The lowest BCUT2D eigenvalue weighted by molar-refractivity contribution is -0.150. The lowest BCUT2D eigenvalue weighted by atomic mass is 9.82. The molecule has 0 aliphatic heterocycles. The predicted octanol–water partition coefficient (Wildman–Crippen LogP) is 5.76. The van der Waals surface area contributed by atoms with Crippen LogP contribution in [0, 0.1) is 16.7 Å². The lowest BCUT2D eigenvalue weighted by Crippen LogP contribution is -2.20. The van der Waals surface area contributed by atoms with E-state index in [-0.39, 0.29) is 22.9 Å². The number of hydrogen-bond donors (Lipinski definition) is 0. The fourth-order valence-corrected chi connectivity index (χ4v) is 1.74. The van der Waals surface area contributed by atoms with E-state index in [1.165, 1.54) is 0 Å². The highest BCUT2D eigenvalue weighted by atomic mass is 16.5. The van der Waals surface area contributed by atoms with Crippen molar-refractivity contribution in [3.63, 3.8) is 0 Å². The maximum absolute atomic E-state index is 11.8. The van der Waals surface area contributed by atoms with Gasteiger partial charge < -0.3 is 4.74 Å². The highest BCUT2D eigenvalue weighted by Gasteiger charge is 2.18. The summed E-state index contributed by atoms with van der Waals surface area (Å²) in [5.41, 5.74) is 0.388. The van der Waals surface area contributed by atoms with Crippen LogP contribution in [0.4, 0.5) is 0 Å². The fourth-order valence-electron chi connectivity index (χ4n) is 1.74. The minimum absolute atomic E-state index is 0.00996. The van der Waals surface area contributed by atoms with E-state index in [9.17, 15) is 4.79 Å². The molecule has 0 rings (SSSR count). The van der Waals surface area contributed by atoms with Gasteiger partial charge in [0, 0.05) is 6.42 Å². The van der Waals surface area contributed by atoms with Gasteiger partial charge in [-0.15, -0.1) is 0 Å². The van der Waals surface area contributed by atoms with E-state index in [1.807, 2.05) is 6.92 Å². The monoisotopic (exact) mass is 296 g/mol. The highest BCUT2D eigenvalue weighted by Crippen LogP contribution is 2.29. The number of hydrogen-bond acceptors (Lipinski definition) is 2. The summed E-state index contributed by atoms with van der Waals surface area (Å²) in [6, 6.07) is 0. The van der Waals surface area contributed by atoms with Crippen molar-refractivity contribution >= 4 is 5.97 Å². The maximum Gasteiger partial charge on any atom is 0.306 e. The van der Waals surface area contributed by atoms with Crippen LogP contribution in [0.2, 0.25) is 0 Å². The number of rotatable bonds is 9. The molecule has 0 aliphatic rings. The Morgan fingerprint density at radius 1 is 1.05 bits per heavy atom. The Bertz CT molecular complexity index is 337. The first-order valence-electron chi connectivity index (χ1n) is 8.39. The van der Waals surface area contributed by atoms with Crippen LogP contribution in [0.3, 0.4) is 0 Å². The molecule has 21 heavy (non-hydrogen) atoms. The van der Waals surface area contributed by atoms with Crippen molar-refractivity contribution in [2.24, 2.45) is 16.7 Å². The third-order valence-corrected chi connectivity index (χ3v) is 4.36. The van der Waals surface area contributed by atoms with Crippen molar-refractivity contribution in [2.45, 2.75) is 87.2 Å². The zero-order valence-electron chi connectivity index (χ0n) is 15.5. The van der Waals surface area contributed by atoms with Crippen LogP contribution >= 0.6 is 0 Å².